The molecule has 0 spiro atoms. The van der Waals surface area contributed by atoms with Crippen LogP contribution >= 0.6 is 11.6 Å². The Morgan fingerprint density at radius 1 is 1.17 bits per heavy atom. The molecule has 1 amide bonds. The lowest BCUT2D eigenvalue weighted by molar-refractivity contribution is 0.0946. The maximum atomic E-state index is 13.7. The monoisotopic (exact) mass is 330 g/mol. The molecule has 5 nitrogen and oxygen atoms in total. The van der Waals surface area contributed by atoms with Crippen molar-refractivity contribution in [2.45, 2.75) is 6.54 Å². The summed E-state index contributed by atoms with van der Waals surface area (Å²) in [5.41, 5.74) is 1.31. The van der Waals surface area contributed by atoms with Gasteiger partial charge in [-0.1, -0.05) is 41.1 Å². The predicted molar refractivity (Wildman–Crippen MR) is 83.9 cm³/mol. The first-order chi connectivity index (χ1) is 11.2. The Kier molecular flexibility index (Phi) is 4.34. The van der Waals surface area contributed by atoms with Crippen molar-refractivity contribution in [3.63, 3.8) is 0 Å². The summed E-state index contributed by atoms with van der Waals surface area (Å²) in [6.45, 7) is 0.144. The second kappa shape index (κ2) is 6.58. The van der Waals surface area contributed by atoms with Gasteiger partial charge < -0.3 is 5.32 Å². The molecule has 0 unspecified atom stereocenters. The van der Waals surface area contributed by atoms with Crippen LogP contribution in [-0.2, 0) is 6.54 Å². The van der Waals surface area contributed by atoms with Crippen molar-refractivity contribution < 1.29 is 9.18 Å². The van der Waals surface area contributed by atoms with Gasteiger partial charge in [-0.2, -0.15) is 0 Å². The number of nitrogens with one attached hydrogen (secondary N) is 1. The molecule has 0 aliphatic carbocycles. The van der Waals surface area contributed by atoms with Gasteiger partial charge in [-0.25, -0.2) is 9.07 Å². The highest BCUT2D eigenvalue weighted by Crippen LogP contribution is 2.19. The summed E-state index contributed by atoms with van der Waals surface area (Å²) in [4.78, 5) is 12.1. The number of hydrogen-bond donors (Lipinski definition) is 1. The van der Waals surface area contributed by atoms with E-state index in [1.807, 2.05) is 30.3 Å². The van der Waals surface area contributed by atoms with Crippen molar-refractivity contribution in [1.82, 2.24) is 20.3 Å². The third-order valence-corrected chi connectivity index (χ3v) is 3.56. The van der Waals surface area contributed by atoms with E-state index >= 15 is 0 Å². The van der Waals surface area contributed by atoms with Crippen LogP contribution in [0.2, 0.25) is 5.02 Å². The van der Waals surface area contributed by atoms with E-state index in [0.717, 1.165) is 5.69 Å². The summed E-state index contributed by atoms with van der Waals surface area (Å²) in [6.07, 6.45) is 1.54. The highest BCUT2D eigenvalue weighted by molar-refractivity contribution is 6.33. The number of para-hydroxylation sites is 1. The van der Waals surface area contributed by atoms with Gasteiger partial charge in [-0.05, 0) is 24.3 Å². The zero-order valence-electron chi connectivity index (χ0n) is 11.9. The average Bonchev–Trinajstić information content (AvgIpc) is 3.02. The molecule has 1 heterocycles. The van der Waals surface area contributed by atoms with Gasteiger partial charge in [0, 0.05) is 0 Å². The number of carbonyl (C=O) groups is 1. The Bertz CT molecular complexity index is 815. The Morgan fingerprint density at radius 3 is 2.70 bits per heavy atom. The molecule has 0 radical (unpaired) electrons. The smallest absolute Gasteiger partial charge is 0.256 e. The molecule has 0 saturated carbocycles. The van der Waals surface area contributed by atoms with Gasteiger partial charge in [0.2, 0.25) is 0 Å². The molecule has 116 valence electrons. The molecule has 0 bridgehead atoms. The van der Waals surface area contributed by atoms with Gasteiger partial charge >= 0.3 is 0 Å². The van der Waals surface area contributed by atoms with Gasteiger partial charge in [0.15, 0.2) is 0 Å². The van der Waals surface area contributed by atoms with Crippen molar-refractivity contribution in [2.24, 2.45) is 0 Å². The number of hydrogen-bond acceptors (Lipinski definition) is 3. The highest BCUT2D eigenvalue weighted by Gasteiger charge is 2.16. The number of benzene rings is 2. The quantitative estimate of drug-likeness (QED) is 0.800. The summed E-state index contributed by atoms with van der Waals surface area (Å²) >= 11 is 5.88. The van der Waals surface area contributed by atoms with Crippen LogP contribution in [0, 0.1) is 5.82 Å². The fraction of sp³-hybridized carbons (Fsp3) is 0.0625. The topological polar surface area (TPSA) is 59.8 Å². The van der Waals surface area contributed by atoms with E-state index in [2.05, 4.69) is 15.6 Å². The average molecular weight is 331 g/mol. The van der Waals surface area contributed by atoms with Crippen LogP contribution in [-0.4, -0.2) is 20.9 Å². The molecule has 0 atom stereocenters. The minimum Gasteiger partial charge on any atom is -0.346 e. The van der Waals surface area contributed by atoms with Gasteiger partial charge in [0.1, 0.15) is 5.82 Å². The third-order valence-electron chi connectivity index (χ3n) is 3.24. The van der Waals surface area contributed by atoms with Crippen LogP contribution < -0.4 is 5.32 Å². The number of halogens is 2. The highest BCUT2D eigenvalue weighted by atomic mass is 35.5. The normalized spacial score (nSPS) is 10.5. The SMILES string of the molecule is O=C(NCc1cnnn1-c1ccccc1)c1c(F)cccc1Cl. The van der Waals surface area contributed by atoms with Crippen LogP contribution in [0.25, 0.3) is 5.69 Å². The zero-order valence-corrected chi connectivity index (χ0v) is 12.7. The van der Waals surface area contributed by atoms with Crippen LogP contribution in [0.1, 0.15) is 16.1 Å². The van der Waals surface area contributed by atoms with E-state index in [0.29, 0.717) is 5.69 Å². The molecular weight excluding hydrogens is 319 g/mol. The second-order valence-electron chi connectivity index (χ2n) is 4.75. The first-order valence-corrected chi connectivity index (χ1v) is 7.22. The van der Waals surface area contributed by atoms with Crippen molar-refractivity contribution in [1.29, 1.82) is 0 Å². The summed E-state index contributed by atoms with van der Waals surface area (Å²) in [6, 6.07) is 13.5. The summed E-state index contributed by atoms with van der Waals surface area (Å²) in [5, 5.41) is 10.5. The lowest BCUT2D eigenvalue weighted by atomic mass is 10.2. The Balaban J connectivity index is 1.77. The molecule has 2 aromatic carbocycles. The molecule has 23 heavy (non-hydrogen) atoms. The van der Waals surface area contributed by atoms with E-state index in [-0.39, 0.29) is 17.1 Å². The summed E-state index contributed by atoms with van der Waals surface area (Å²) < 4.78 is 15.3. The Hall–Kier alpha value is -2.73. The van der Waals surface area contributed by atoms with Crippen molar-refractivity contribution in [3.8, 4) is 5.69 Å². The molecule has 0 saturated heterocycles. The molecule has 7 heteroatoms. The summed E-state index contributed by atoms with van der Waals surface area (Å²) in [7, 11) is 0. The van der Waals surface area contributed by atoms with E-state index in [1.165, 1.54) is 24.4 Å². The third kappa shape index (κ3) is 3.22. The van der Waals surface area contributed by atoms with Crippen LogP contribution in [0.15, 0.2) is 54.7 Å². The number of carbonyl (C=O) groups excluding carboxylic acids is 1. The number of nitrogens with zero attached hydrogens (tertiary/aromatic N) is 3. The molecule has 0 aliphatic heterocycles. The van der Waals surface area contributed by atoms with Crippen LogP contribution in [0.4, 0.5) is 4.39 Å². The lowest BCUT2D eigenvalue weighted by Gasteiger charge is -2.09. The first kappa shape index (κ1) is 15.2. The molecule has 1 aromatic heterocycles. The minimum absolute atomic E-state index is 0.0668. The molecule has 0 fully saturated rings. The van der Waals surface area contributed by atoms with Gasteiger partial charge in [-0.15, -0.1) is 5.10 Å². The number of rotatable bonds is 4. The van der Waals surface area contributed by atoms with Crippen molar-refractivity contribution >= 4 is 17.5 Å². The van der Waals surface area contributed by atoms with Crippen molar-refractivity contribution in [2.75, 3.05) is 0 Å². The summed E-state index contributed by atoms with van der Waals surface area (Å²) in [5.74, 6) is -1.25. The van der Waals surface area contributed by atoms with Gasteiger partial charge in [-0.3, -0.25) is 4.79 Å². The van der Waals surface area contributed by atoms with E-state index in [9.17, 15) is 9.18 Å². The second-order valence-corrected chi connectivity index (χ2v) is 5.16. The lowest BCUT2D eigenvalue weighted by Crippen LogP contribution is -2.25. The molecular formula is C16H12ClFN4O. The first-order valence-electron chi connectivity index (χ1n) is 6.84. The van der Waals surface area contributed by atoms with E-state index < -0.39 is 11.7 Å². The molecule has 1 N–H and O–H groups in total. The fourth-order valence-electron chi connectivity index (χ4n) is 2.14. The molecule has 3 rings (SSSR count). The fourth-order valence-corrected chi connectivity index (χ4v) is 2.39. The molecule has 3 aromatic rings. The Morgan fingerprint density at radius 2 is 1.96 bits per heavy atom. The largest absolute Gasteiger partial charge is 0.346 e. The predicted octanol–water partition coefficient (Wildman–Crippen LogP) is 2.99. The number of amides is 1. The zero-order chi connectivity index (χ0) is 16.2. The van der Waals surface area contributed by atoms with Gasteiger partial charge in [0.05, 0.1) is 34.7 Å². The maximum absolute atomic E-state index is 13.7. The maximum Gasteiger partial charge on any atom is 0.256 e. The van der Waals surface area contributed by atoms with Crippen LogP contribution in [0.5, 0.6) is 0 Å². The minimum atomic E-state index is -0.662. The van der Waals surface area contributed by atoms with Crippen molar-refractivity contribution in [3.05, 3.63) is 76.8 Å². The van der Waals surface area contributed by atoms with Crippen LogP contribution in [0.3, 0.4) is 0 Å². The van der Waals surface area contributed by atoms with E-state index in [1.54, 1.807) is 4.68 Å². The standard InChI is InChI=1S/C16H12ClFN4O/c17-13-7-4-8-14(18)15(13)16(23)19-9-12-10-20-21-22(12)11-5-2-1-3-6-11/h1-8,10H,9H2,(H,19,23). The molecule has 0 aliphatic rings. The van der Waals surface area contributed by atoms with Gasteiger partial charge in [0.25, 0.3) is 5.91 Å². The number of aromatic nitrogens is 3. The van der Waals surface area contributed by atoms with E-state index in [4.69, 9.17) is 11.6 Å². The Labute approximate surface area is 136 Å².